The van der Waals surface area contributed by atoms with E-state index >= 15 is 0 Å². The number of nitrogens with zero attached hydrogens (tertiary/aromatic N) is 3. The van der Waals surface area contributed by atoms with Gasteiger partial charge in [-0.15, -0.1) is 0 Å². The molecule has 3 nitrogen and oxygen atoms in total. The summed E-state index contributed by atoms with van der Waals surface area (Å²) in [5.74, 6) is 1.26. The number of hydrogen-bond donors (Lipinski definition) is 0. The summed E-state index contributed by atoms with van der Waals surface area (Å²) in [6.07, 6.45) is 2.50. The minimum atomic E-state index is 1.13. The SMILES string of the molecule is CCCC[N+](C)=C(N(C)C)N(C)C. The molecular formula is C10H24N3+. The summed E-state index contributed by atoms with van der Waals surface area (Å²) >= 11 is 0. The molecule has 0 saturated heterocycles. The van der Waals surface area contributed by atoms with Gasteiger partial charge < -0.3 is 0 Å². The van der Waals surface area contributed by atoms with E-state index in [2.05, 4.69) is 56.5 Å². The summed E-state index contributed by atoms with van der Waals surface area (Å²) in [4.78, 5) is 4.30. The van der Waals surface area contributed by atoms with Crippen molar-refractivity contribution in [3.63, 3.8) is 0 Å². The Hall–Kier alpha value is -0.730. The molecule has 0 amide bonds. The molecule has 0 aromatic heterocycles. The first-order valence-electron chi connectivity index (χ1n) is 4.93. The van der Waals surface area contributed by atoms with Gasteiger partial charge in [-0.3, -0.25) is 14.4 Å². The molecule has 78 valence electrons. The minimum Gasteiger partial charge on any atom is -0.270 e. The highest BCUT2D eigenvalue weighted by Gasteiger charge is 2.14. The molecule has 0 saturated carbocycles. The van der Waals surface area contributed by atoms with Crippen LogP contribution in [0.25, 0.3) is 0 Å². The molecule has 0 aliphatic heterocycles. The Labute approximate surface area is 82.6 Å². The van der Waals surface area contributed by atoms with Gasteiger partial charge in [0.05, 0.1) is 41.8 Å². The van der Waals surface area contributed by atoms with E-state index in [4.69, 9.17) is 0 Å². The van der Waals surface area contributed by atoms with Crippen molar-refractivity contribution >= 4 is 5.96 Å². The molecule has 0 spiro atoms. The molecule has 0 N–H and O–H groups in total. The van der Waals surface area contributed by atoms with Crippen molar-refractivity contribution in [1.82, 2.24) is 9.80 Å². The van der Waals surface area contributed by atoms with Crippen LogP contribution in [0.3, 0.4) is 0 Å². The van der Waals surface area contributed by atoms with E-state index in [0.717, 1.165) is 6.54 Å². The zero-order valence-electron chi connectivity index (χ0n) is 9.96. The first-order chi connectivity index (χ1) is 6.00. The van der Waals surface area contributed by atoms with Crippen LogP contribution in [0, 0.1) is 0 Å². The first kappa shape index (κ1) is 12.3. The monoisotopic (exact) mass is 186 g/mol. The molecule has 3 heteroatoms. The fourth-order valence-electron chi connectivity index (χ4n) is 1.58. The average Bonchev–Trinajstić information content (AvgIpc) is 1.99. The Morgan fingerprint density at radius 1 is 1.08 bits per heavy atom. The molecule has 0 fully saturated rings. The molecule has 0 aliphatic rings. The highest BCUT2D eigenvalue weighted by atomic mass is 15.4. The lowest BCUT2D eigenvalue weighted by atomic mass is 10.3. The van der Waals surface area contributed by atoms with Crippen molar-refractivity contribution in [3.05, 3.63) is 0 Å². The van der Waals surface area contributed by atoms with E-state index in [0.29, 0.717) is 0 Å². The molecule has 0 aromatic rings. The minimum absolute atomic E-state index is 1.13. The second-order valence-electron chi connectivity index (χ2n) is 3.86. The van der Waals surface area contributed by atoms with Crippen molar-refractivity contribution in [2.24, 2.45) is 0 Å². The number of hydrogen-bond acceptors (Lipinski definition) is 0. The molecular weight excluding hydrogens is 162 g/mol. The fraction of sp³-hybridized carbons (Fsp3) is 0.900. The zero-order valence-corrected chi connectivity index (χ0v) is 9.96. The van der Waals surface area contributed by atoms with Crippen LogP contribution in [-0.2, 0) is 0 Å². The van der Waals surface area contributed by atoms with Crippen LogP contribution in [0.5, 0.6) is 0 Å². The average molecular weight is 186 g/mol. The Balaban J connectivity index is 4.46. The Bertz CT molecular complexity index is 161. The highest BCUT2D eigenvalue weighted by molar-refractivity contribution is 5.73. The lowest BCUT2D eigenvalue weighted by molar-refractivity contribution is -0.507. The summed E-state index contributed by atoms with van der Waals surface area (Å²) in [5.41, 5.74) is 0. The maximum Gasteiger partial charge on any atom is 0.349 e. The molecule has 13 heavy (non-hydrogen) atoms. The van der Waals surface area contributed by atoms with E-state index in [1.54, 1.807) is 0 Å². The quantitative estimate of drug-likeness (QED) is 0.368. The summed E-state index contributed by atoms with van der Waals surface area (Å²) < 4.78 is 2.30. The van der Waals surface area contributed by atoms with Crippen LogP contribution in [0.1, 0.15) is 19.8 Å². The third kappa shape index (κ3) is 4.15. The molecule has 0 unspecified atom stereocenters. The second-order valence-corrected chi connectivity index (χ2v) is 3.86. The summed E-state index contributed by atoms with van der Waals surface area (Å²) in [7, 11) is 10.5. The van der Waals surface area contributed by atoms with Gasteiger partial charge in [0.1, 0.15) is 0 Å². The lowest BCUT2D eigenvalue weighted by Crippen LogP contribution is -2.42. The normalized spacial score (nSPS) is 9.69. The van der Waals surface area contributed by atoms with E-state index in [1.165, 1.54) is 18.8 Å². The van der Waals surface area contributed by atoms with Crippen molar-refractivity contribution in [1.29, 1.82) is 0 Å². The maximum atomic E-state index is 2.30. The van der Waals surface area contributed by atoms with E-state index in [-0.39, 0.29) is 0 Å². The molecule has 0 rings (SSSR count). The van der Waals surface area contributed by atoms with Gasteiger partial charge in [-0.2, -0.15) is 0 Å². The number of rotatable bonds is 3. The Morgan fingerprint density at radius 3 is 1.85 bits per heavy atom. The van der Waals surface area contributed by atoms with Crippen molar-refractivity contribution in [2.75, 3.05) is 41.8 Å². The van der Waals surface area contributed by atoms with Crippen LogP contribution >= 0.6 is 0 Å². The Kier molecular flexibility index (Phi) is 5.51. The standard InChI is InChI=1S/C10H24N3/c1-7-8-9-13(6)10(11(2)3)12(4)5/h7-9H2,1-6H3/q+1. The van der Waals surface area contributed by atoms with Gasteiger partial charge in [-0.1, -0.05) is 13.3 Å². The topological polar surface area (TPSA) is 9.49 Å². The summed E-state index contributed by atoms with van der Waals surface area (Å²) in [6, 6.07) is 0. The van der Waals surface area contributed by atoms with Crippen LogP contribution in [0.15, 0.2) is 0 Å². The van der Waals surface area contributed by atoms with Gasteiger partial charge in [-0.05, 0) is 6.42 Å². The molecule has 0 radical (unpaired) electrons. The maximum absolute atomic E-state index is 2.30. The lowest BCUT2D eigenvalue weighted by Gasteiger charge is -2.19. The highest BCUT2D eigenvalue weighted by Crippen LogP contribution is 1.92. The van der Waals surface area contributed by atoms with E-state index in [9.17, 15) is 0 Å². The zero-order chi connectivity index (χ0) is 10.4. The van der Waals surface area contributed by atoms with Gasteiger partial charge in [0.15, 0.2) is 0 Å². The van der Waals surface area contributed by atoms with E-state index in [1.807, 2.05) is 0 Å². The van der Waals surface area contributed by atoms with Gasteiger partial charge in [-0.25, -0.2) is 0 Å². The molecule has 0 aliphatic carbocycles. The van der Waals surface area contributed by atoms with Gasteiger partial charge in [0.2, 0.25) is 0 Å². The van der Waals surface area contributed by atoms with Crippen molar-refractivity contribution < 1.29 is 4.58 Å². The third-order valence-corrected chi connectivity index (χ3v) is 1.99. The molecule has 0 heterocycles. The predicted molar refractivity (Wildman–Crippen MR) is 58.3 cm³/mol. The second kappa shape index (κ2) is 5.84. The van der Waals surface area contributed by atoms with Gasteiger partial charge in [0.25, 0.3) is 0 Å². The summed E-state index contributed by atoms with van der Waals surface area (Å²) in [5, 5.41) is 0. The molecule has 0 aromatic carbocycles. The van der Waals surface area contributed by atoms with E-state index < -0.39 is 0 Å². The fourth-order valence-corrected chi connectivity index (χ4v) is 1.58. The smallest absolute Gasteiger partial charge is 0.270 e. The van der Waals surface area contributed by atoms with Gasteiger partial charge in [0, 0.05) is 0 Å². The Morgan fingerprint density at radius 2 is 1.54 bits per heavy atom. The van der Waals surface area contributed by atoms with Crippen LogP contribution in [0.4, 0.5) is 0 Å². The molecule has 0 atom stereocenters. The van der Waals surface area contributed by atoms with Crippen molar-refractivity contribution in [2.45, 2.75) is 19.8 Å². The number of guanidine groups is 1. The summed E-state index contributed by atoms with van der Waals surface area (Å²) in [6.45, 7) is 3.35. The van der Waals surface area contributed by atoms with Crippen LogP contribution in [0.2, 0.25) is 0 Å². The number of unbranched alkanes of at least 4 members (excludes halogenated alkanes) is 1. The third-order valence-electron chi connectivity index (χ3n) is 1.99. The first-order valence-corrected chi connectivity index (χ1v) is 4.93. The van der Waals surface area contributed by atoms with Crippen LogP contribution in [-0.4, -0.2) is 62.1 Å². The van der Waals surface area contributed by atoms with Gasteiger partial charge >= 0.3 is 5.96 Å². The predicted octanol–water partition coefficient (Wildman–Crippen LogP) is 0.908. The largest absolute Gasteiger partial charge is 0.349 e. The molecule has 0 bridgehead atoms. The van der Waals surface area contributed by atoms with Crippen LogP contribution < -0.4 is 0 Å². The van der Waals surface area contributed by atoms with Crippen molar-refractivity contribution in [3.8, 4) is 0 Å².